The number of carbonyl (C=O) groups excluding carboxylic acids is 1. The van der Waals surface area contributed by atoms with Crippen molar-refractivity contribution in [1.29, 1.82) is 0 Å². The van der Waals surface area contributed by atoms with Crippen molar-refractivity contribution in [2.75, 3.05) is 19.7 Å². The number of alkyl halides is 3. The molecule has 1 atom stereocenters. The summed E-state index contributed by atoms with van der Waals surface area (Å²) >= 11 is 0. The van der Waals surface area contributed by atoms with Crippen molar-refractivity contribution >= 4 is 6.03 Å². The zero-order chi connectivity index (χ0) is 17.8. The number of piperidine rings is 1. The molecule has 0 bridgehead atoms. The quantitative estimate of drug-likeness (QED) is 0.881. The van der Waals surface area contributed by atoms with Crippen molar-refractivity contribution in [2.24, 2.45) is 5.92 Å². The summed E-state index contributed by atoms with van der Waals surface area (Å²) < 4.78 is 40.9. The predicted octanol–water partition coefficient (Wildman–Crippen LogP) is 3.27. The van der Waals surface area contributed by atoms with Crippen LogP contribution in [0.5, 0.6) is 0 Å². The van der Waals surface area contributed by atoms with E-state index < -0.39 is 17.7 Å². The van der Waals surface area contributed by atoms with Crippen LogP contribution in [-0.4, -0.2) is 41.9 Å². The minimum atomic E-state index is -4.61. The lowest BCUT2D eigenvalue weighted by atomic mass is 9.91. The summed E-state index contributed by atoms with van der Waals surface area (Å²) in [5, 5.41) is 11.1. The van der Waals surface area contributed by atoms with E-state index in [0.29, 0.717) is 38.3 Å². The molecule has 1 aliphatic heterocycles. The summed E-state index contributed by atoms with van der Waals surface area (Å²) in [6, 6.07) is 6.69. The Morgan fingerprint density at radius 3 is 2.33 bits per heavy atom. The summed E-state index contributed by atoms with van der Waals surface area (Å²) in [6.45, 7) is 1.88. The Kier molecular flexibility index (Phi) is 5.74. The molecule has 1 heterocycles. The number of likely N-dealkylation sites (tertiary alicyclic amines) is 1. The first-order chi connectivity index (χ1) is 11.3. The largest absolute Gasteiger partial charge is 0.415 e. The monoisotopic (exact) mass is 344 g/mol. The van der Waals surface area contributed by atoms with E-state index >= 15 is 0 Å². The lowest BCUT2D eigenvalue weighted by Gasteiger charge is -2.38. The Labute approximate surface area is 139 Å². The van der Waals surface area contributed by atoms with E-state index in [4.69, 9.17) is 5.11 Å². The van der Waals surface area contributed by atoms with E-state index in [1.165, 1.54) is 29.2 Å². The molecule has 1 aromatic rings. The Hall–Kier alpha value is -1.76. The average Bonchev–Trinajstić information content (AvgIpc) is 2.55. The minimum absolute atomic E-state index is 0.000941. The maximum Gasteiger partial charge on any atom is 0.415 e. The molecule has 0 radical (unpaired) electrons. The van der Waals surface area contributed by atoms with Gasteiger partial charge < -0.3 is 15.3 Å². The number of hydrogen-bond donors (Lipinski definition) is 2. The molecular formula is C17H23F3N2O2. The molecule has 1 aliphatic rings. The van der Waals surface area contributed by atoms with Gasteiger partial charge in [-0.2, -0.15) is 13.2 Å². The zero-order valence-corrected chi connectivity index (χ0v) is 13.6. The lowest BCUT2D eigenvalue weighted by molar-refractivity contribution is -0.192. The fourth-order valence-corrected chi connectivity index (χ4v) is 2.98. The first-order valence-electron chi connectivity index (χ1n) is 8.08. The molecule has 1 aromatic carbocycles. The number of rotatable bonds is 4. The number of nitrogens with zero attached hydrogens (tertiary/aromatic N) is 1. The minimum Gasteiger partial charge on any atom is -0.396 e. The van der Waals surface area contributed by atoms with Crippen LogP contribution in [0.25, 0.3) is 0 Å². The molecule has 1 saturated heterocycles. The second-order valence-corrected chi connectivity index (χ2v) is 6.36. The number of nitrogens with one attached hydrogen (secondary N) is 1. The molecular weight excluding hydrogens is 321 g/mol. The van der Waals surface area contributed by atoms with Crippen LogP contribution < -0.4 is 5.32 Å². The van der Waals surface area contributed by atoms with Crippen molar-refractivity contribution in [1.82, 2.24) is 10.2 Å². The van der Waals surface area contributed by atoms with Gasteiger partial charge in [0.15, 0.2) is 5.54 Å². The van der Waals surface area contributed by atoms with E-state index in [2.05, 4.69) is 5.32 Å². The molecule has 1 unspecified atom stereocenters. The molecule has 0 spiro atoms. The van der Waals surface area contributed by atoms with Gasteiger partial charge in [-0.25, -0.2) is 4.79 Å². The third-order valence-electron chi connectivity index (χ3n) is 4.71. The van der Waals surface area contributed by atoms with Crippen LogP contribution in [0.4, 0.5) is 18.0 Å². The molecule has 1 fully saturated rings. The second-order valence-electron chi connectivity index (χ2n) is 6.36. The van der Waals surface area contributed by atoms with Gasteiger partial charge in [0.25, 0.3) is 0 Å². The highest BCUT2D eigenvalue weighted by Gasteiger charge is 2.53. The van der Waals surface area contributed by atoms with E-state index in [0.717, 1.165) is 6.92 Å². The van der Waals surface area contributed by atoms with Gasteiger partial charge in [-0.05, 0) is 37.7 Å². The number of benzene rings is 1. The summed E-state index contributed by atoms with van der Waals surface area (Å²) in [6.07, 6.45) is -2.55. The first kappa shape index (κ1) is 18.6. The average molecular weight is 344 g/mol. The molecule has 2 N–H and O–H groups in total. The maximum atomic E-state index is 13.6. The van der Waals surface area contributed by atoms with Gasteiger partial charge in [0, 0.05) is 19.7 Å². The van der Waals surface area contributed by atoms with Gasteiger partial charge in [-0.3, -0.25) is 0 Å². The number of amides is 2. The van der Waals surface area contributed by atoms with Crippen molar-refractivity contribution in [3.63, 3.8) is 0 Å². The van der Waals surface area contributed by atoms with E-state index in [1.807, 2.05) is 0 Å². The normalized spacial score (nSPS) is 19.0. The molecule has 4 nitrogen and oxygen atoms in total. The van der Waals surface area contributed by atoms with Crippen molar-refractivity contribution in [3.8, 4) is 0 Å². The molecule has 2 rings (SSSR count). The van der Waals surface area contributed by atoms with E-state index in [9.17, 15) is 18.0 Å². The van der Waals surface area contributed by atoms with Crippen LogP contribution in [0.2, 0.25) is 0 Å². The zero-order valence-electron chi connectivity index (χ0n) is 13.6. The molecule has 7 heteroatoms. The molecule has 0 aromatic heterocycles. The predicted molar refractivity (Wildman–Crippen MR) is 84.4 cm³/mol. The molecule has 2 amide bonds. The van der Waals surface area contributed by atoms with E-state index in [-0.39, 0.29) is 12.2 Å². The standard InChI is InChI=1S/C17H23F3N2O2/c1-16(17(18,19)20,14-5-3-2-4-6-14)21-15(24)22-10-7-13(8-11-22)9-12-23/h2-6,13,23H,7-12H2,1H3,(H,21,24). The summed E-state index contributed by atoms with van der Waals surface area (Å²) in [5.74, 6) is 0.321. The Morgan fingerprint density at radius 1 is 1.25 bits per heavy atom. The summed E-state index contributed by atoms with van der Waals surface area (Å²) in [5.41, 5.74) is -2.44. The SMILES string of the molecule is CC(NC(=O)N1CCC(CCO)CC1)(c1ccccc1)C(F)(F)F. The van der Waals surface area contributed by atoms with Crippen LogP contribution in [0.15, 0.2) is 30.3 Å². The Bertz CT molecular complexity index is 543. The fourth-order valence-electron chi connectivity index (χ4n) is 2.98. The second kappa shape index (κ2) is 7.42. The third kappa shape index (κ3) is 4.01. The number of carbonyl (C=O) groups is 1. The number of aliphatic hydroxyl groups excluding tert-OH is 1. The summed E-state index contributed by atoms with van der Waals surface area (Å²) in [7, 11) is 0. The molecule has 134 valence electrons. The van der Waals surface area contributed by atoms with Gasteiger partial charge in [0.05, 0.1) is 0 Å². The van der Waals surface area contributed by atoms with Gasteiger partial charge in [0.2, 0.25) is 0 Å². The van der Waals surface area contributed by atoms with Crippen LogP contribution in [-0.2, 0) is 5.54 Å². The number of urea groups is 1. The highest BCUT2D eigenvalue weighted by molar-refractivity contribution is 5.75. The smallest absolute Gasteiger partial charge is 0.396 e. The van der Waals surface area contributed by atoms with Crippen molar-refractivity contribution in [3.05, 3.63) is 35.9 Å². The van der Waals surface area contributed by atoms with Crippen LogP contribution in [0.3, 0.4) is 0 Å². The lowest BCUT2D eigenvalue weighted by Crippen LogP contribution is -2.58. The van der Waals surface area contributed by atoms with Crippen molar-refractivity contribution < 1.29 is 23.1 Å². The topological polar surface area (TPSA) is 52.6 Å². The van der Waals surface area contributed by atoms with Gasteiger partial charge in [-0.1, -0.05) is 30.3 Å². The van der Waals surface area contributed by atoms with Gasteiger partial charge in [0.1, 0.15) is 0 Å². The fraction of sp³-hybridized carbons (Fsp3) is 0.588. The first-order valence-corrected chi connectivity index (χ1v) is 8.08. The Morgan fingerprint density at radius 2 is 1.83 bits per heavy atom. The van der Waals surface area contributed by atoms with E-state index in [1.54, 1.807) is 6.07 Å². The Balaban J connectivity index is 2.09. The molecule has 0 aliphatic carbocycles. The molecule has 0 saturated carbocycles. The number of hydrogen-bond acceptors (Lipinski definition) is 2. The number of halogens is 3. The third-order valence-corrected chi connectivity index (χ3v) is 4.71. The molecule has 24 heavy (non-hydrogen) atoms. The number of aliphatic hydroxyl groups is 1. The maximum absolute atomic E-state index is 13.6. The highest BCUT2D eigenvalue weighted by Crippen LogP contribution is 2.38. The van der Waals surface area contributed by atoms with Crippen molar-refractivity contribution in [2.45, 2.75) is 37.9 Å². The van der Waals surface area contributed by atoms with Gasteiger partial charge in [-0.15, -0.1) is 0 Å². The van der Waals surface area contributed by atoms with Gasteiger partial charge >= 0.3 is 12.2 Å². The summed E-state index contributed by atoms with van der Waals surface area (Å²) in [4.78, 5) is 13.8. The van der Waals surface area contributed by atoms with Crippen LogP contribution >= 0.6 is 0 Å². The highest BCUT2D eigenvalue weighted by atomic mass is 19.4. The van der Waals surface area contributed by atoms with Crippen LogP contribution in [0.1, 0.15) is 31.7 Å². The van der Waals surface area contributed by atoms with Crippen LogP contribution in [0, 0.1) is 5.92 Å².